The Hall–Kier alpha value is -1.92. The van der Waals surface area contributed by atoms with Crippen LogP contribution in [0.5, 0.6) is 0 Å². The van der Waals surface area contributed by atoms with Crippen molar-refractivity contribution in [1.29, 1.82) is 0 Å². The van der Waals surface area contributed by atoms with Crippen LogP contribution in [0.25, 0.3) is 0 Å². The zero-order chi connectivity index (χ0) is 13.0. The molecule has 0 bridgehead atoms. The van der Waals surface area contributed by atoms with Gasteiger partial charge in [0.15, 0.2) is 5.82 Å². The number of benzene rings is 1. The average molecular weight is 267 g/mol. The van der Waals surface area contributed by atoms with E-state index in [1.165, 1.54) is 6.39 Å². The van der Waals surface area contributed by atoms with Gasteiger partial charge in [0.25, 0.3) is 0 Å². The predicted octanol–water partition coefficient (Wildman–Crippen LogP) is 1.11. The molecule has 1 aromatic heterocycles. The molecule has 7 heteroatoms. The van der Waals surface area contributed by atoms with Crippen molar-refractivity contribution in [3.8, 4) is 0 Å². The maximum absolute atomic E-state index is 11.0. The Morgan fingerprint density at radius 3 is 2.89 bits per heavy atom. The van der Waals surface area contributed by atoms with Crippen molar-refractivity contribution >= 4 is 17.5 Å². The molecule has 0 saturated carbocycles. The minimum Gasteiger partial charge on any atom is -0.366 e. The van der Waals surface area contributed by atoms with Gasteiger partial charge in [-0.05, 0) is 17.7 Å². The highest BCUT2D eigenvalue weighted by Gasteiger charge is 2.06. The summed E-state index contributed by atoms with van der Waals surface area (Å²) in [6.45, 7) is 1.01. The van der Waals surface area contributed by atoms with Gasteiger partial charge in [0.2, 0.25) is 12.3 Å². The summed E-state index contributed by atoms with van der Waals surface area (Å²) in [7, 11) is 0. The van der Waals surface area contributed by atoms with E-state index in [9.17, 15) is 4.79 Å². The number of hydrogen-bond donors (Lipinski definition) is 2. The van der Waals surface area contributed by atoms with Crippen LogP contribution < -0.4 is 11.1 Å². The Bertz CT molecular complexity index is 542. The minimum absolute atomic E-state index is 0.391. The largest absolute Gasteiger partial charge is 0.366 e. The van der Waals surface area contributed by atoms with Crippen LogP contribution in [0.1, 0.15) is 21.7 Å². The Morgan fingerprint density at radius 2 is 2.28 bits per heavy atom. The fourth-order valence-corrected chi connectivity index (χ4v) is 1.67. The van der Waals surface area contributed by atoms with Gasteiger partial charge in [0, 0.05) is 17.1 Å². The van der Waals surface area contributed by atoms with Gasteiger partial charge in [-0.1, -0.05) is 22.8 Å². The number of rotatable bonds is 5. The second kappa shape index (κ2) is 5.61. The van der Waals surface area contributed by atoms with Crippen LogP contribution in [0, 0.1) is 0 Å². The quantitative estimate of drug-likeness (QED) is 0.845. The summed E-state index contributed by atoms with van der Waals surface area (Å²) in [4.78, 5) is 14.8. The van der Waals surface area contributed by atoms with Crippen LogP contribution in [0.4, 0.5) is 0 Å². The van der Waals surface area contributed by atoms with Crippen LogP contribution in [0.15, 0.2) is 29.1 Å². The zero-order valence-corrected chi connectivity index (χ0v) is 10.1. The minimum atomic E-state index is -0.497. The van der Waals surface area contributed by atoms with E-state index in [-0.39, 0.29) is 0 Å². The number of nitrogens with two attached hydrogens (primary N) is 1. The van der Waals surface area contributed by atoms with Crippen molar-refractivity contribution in [2.75, 3.05) is 0 Å². The zero-order valence-electron chi connectivity index (χ0n) is 9.39. The van der Waals surface area contributed by atoms with E-state index in [0.717, 1.165) is 5.56 Å². The third-order valence-corrected chi connectivity index (χ3v) is 2.69. The van der Waals surface area contributed by atoms with Gasteiger partial charge in [0.05, 0.1) is 6.54 Å². The van der Waals surface area contributed by atoms with Crippen LogP contribution in [0.2, 0.25) is 5.02 Å². The van der Waals surface area contributed by atoms with Crippen LogP contribution >= 0.6 is 11.6 Å². The second-order valence-corrected chi connectivity index (χ2v) is 4.03. The first-order valence-electron chi connectivity index (χ1n) is 5.21. The van der Waals surface area contributed by atoms with Crippen molar-refractivity contribution in [1.82, 2.24) is 15.5 Å². The van der Waals surface area contributed by atoms with Crippen molar-refractivity contribution < 1.29 is 9.32 Å². The number of primary amides is 1. The highest BCUT2D eigenvalue weighted by Crippen LogP contribution is 2.17. The molecule has 2 aromatic rings. The Balaban J connectivity index is 1.95. The lowest BCUT2D eigenvalue weighted by Crippen LogP contribution is -2.15. The molecule has 0 aliphatic carbocycles. The van der Waals surface area contributed by atoms with E-state index >= 15 is 0 Å². The van der Waals surface area contributed by atoms with E-state index < -0.39 is 5.91 Å². The number of nitrogens with zero attached hydrogens (tertiary/aromatic N) is 2. The Labute approximate surface area is 108 Å². The number of carbonyl (C=O) groups is 1. The molecule has 0 spiro atoms. The third kappa shape index (κ3) is 3.06. The molecule has 0 atom stereocenters. The molecule has 3 N–H and O–H groups in total. The molecule has 6 nitrogen and oxygen atoms in total. The Morgan fingerprint density at radius 1 is 1.44 bits per heavy atom. The fourth-order valence-electron chi connectivity index (χ4n) is 1.42. The van der Waals surface area contributed by atoms with Gasteiger partial charge >= 0.3 is 0 Å². The fraction of sp³-hybridized carbons (Fsp3) is 0.182. The number of amides is 1. The molecule has 0 saturated heterocycles. The third-order valence-electron chi connectivity index (χ3n) is 2.34. The Kier molecular flexibility index (Phi) is 3.91. The van der Waals surface area contributed by atoms with Gasteiger partial charge < -0.3 is 15.6 Å². The molecule has 18 heavy (non-hydrogen) atoms. The topological polar surface area (TPSA) is 94.0 Å². The normalized spacial score (nSPS) is 10.5. The van der Waals surface area contributed by atoms with Gasteiger partial charge in [0.1, 0.15) is 0 Å². The average Bonchev–Trinajstić information content (AvgIpc) is 2.84. The summed E-state index contributed by atoms with van der Waals surface area (Å²) >= 11 is 6.04. The molecule has 0 aliphatic heterocycles. The van der Waals surface area contributed by atoms with Crippen LogP contribution in [0.3, 0.4) is 0 Å². The smallest absolute Gasteiger partial charge is 0.248 e. The highest BCUT2D eigenvalue weighted by molar-refractivity contribution is 6.31. The van der Waals surface area contributed by atoms with Gasteiger partial charge in [-0.25, -0.2) is 0 Å². The first kappa shape index (κ1) is 12.5. The molecule has 0 unspecified atom stereocenters. The molecule has 94 valence electrons. The lowest BCUT2D eigenvalue weighted by molar-refractivity contribution is 0.100. The summed E-state index contributed by atoms with van der Waals surface area (Å²) in [6, 6.07) is 4.94. The molecular weight excluding hydrogens is 256 g/mol. The molecule has 1 aromatic carbocycles. The van der Waals surface area contributed by atoms with E-state index in [2.05, 4.69) is 20.0 Å². The summed E-state index contributed by atoms with van der Waals surface area (Å²) in [5.74, 6) is 0.0723. The first-order valence-corrected chi connectivity index (χ1v) is 5.59. The van der Waals surface area contributed by atoms with E-state index in [1.54, 1.807) is 18.2 Å². The molecule has 0 aliphatic rings. The molecule has 1 heterocycles. The maximum Gasteiger partial charge on any atom is 0.248 e. The number of nitrogens with one attached hydrogen (secondary N) is 1. The van der Waals surface area contributed by atoms with Gasteiger partial charge in [-0.15, -0.1) is 0 Å². The van der Waals surface area contributed by atoms with Crippen LogP contribution in [-0.2, 0) is 13.1 Å². The van der Waals surface area contributed by atoms with Gasteiger partial charge in [-0.2, -0.15) is 4.98 Å². The number of aromatic nitrogens is 2. The van der Waals surface area contributed by atoms with Crippen molar-refractivity contribution in [2.24, 2.45) is 5.73 Å². The lowest BCUT2D eigenvalue weighted by atomic mass is 10.1. The monoisotopic (exact) mass is 266 g/mol. The van der Waals surface area contributed by atoms with Crippen molar-refractivity contribution in [3.05, 3.63) is 46.6 Å². The van der Waals surface area contributed by atoms with Gasteiger partial charge in [-0.3, -0.25) is 4.79 Å². The van der Waals surface area contributed by atoms with E-state index in [0.29, 0.717) is 29.5 Å². The van der Waals surface area contributed by atoms with Crippen molar-refractivity contribution in [2.45, 2.75) is 13.1 Å². The highest BCUT2D eigenvalue weighted by atomic mass is 35.5. The van der Waals surface area contributed by atoms with Crippen molar-refractivity contribution in [3.63, 3.8) is 0 Å². The molecular formula is C11H11ClN4O2. The number of hydrogen-bond acceptors (Lipinski definition) is 5. The molecule has 0 fully saturated rings. The molecule has 2 rings (SSSR count). The number of halogens is 1. The van der Waals surface area contributed by atoms with E-state index in [4.69, 9.17) is 17.3 Å². The number of carbonyl (C=O) groups excluding carboxylic acids is 1. The SMILES string of the molecule is NC(=O)c1ccc(CNCc2ncon2)c(Cl)c1. The maximum atomic E-state index is 11.0. The first-order chi connectivity index (χ1) is 8.66. The van der Waals surface area contributed by atoms with Crippen LogP contribution in [-0.4, -0.2) is 16.0 Å². The molecule has 1 amide bonds. The molecule has 0 radical (unpaired) electrons. The summed E-state index contributed by atoms with van der Waals surface area (Å²) in [5, 5.41) is 7.26. The summed E-state index contributed by atoms with van der Waals surface area (Å²) in [6.07, 6.45) is 1.27. The second-order valence-electron chi connectivity index (χ2n) is 3.62. The summed E-state index contributed by atoms with van der Waals surface area (Å²) in [5.41, 5.74) is 6.41. The predicted molar refractivity (Wildman–Crippen MR) is 64.8 cm³/mol. The summed E-state index contributed by atoms with van der Waals surface area (Å²) < 4.78 is 4.60. The lowest BCUT2D eigenvalue weighted by Gasteiger charge is -2.06. The van der Waals surface area contributed by atoms with E-state index in [1.807, 2.05) is 0 Å². The standard InChI is InChI=1S/C11H11ClN4O2/c12-9-3-7(11(13)17)1-2-8(9)4-14-5-10-15-6-18-16-10/h1-3,6,14H,4-5H2,(H2,13,17).